The Morgan fingerprint density at radius 1 is 1.20 bits per heavy atom. The van der Waals surface area contributed by atoms with Crippen molar-refractivity contribution in [1.82, 2.24) is 0 Å². The van der Waals surface area contributed by atoms with Crippen LogP contribution in [0.4, 0.5) is 0 Å². The Morgan fingerprint density at radius 3 is 1.80 bits per heavy atom. The lowest BCUT2D eigenvalue weighted by atomic mass is 10.0. The molecule has 1 saturated carbocycles. The van der Waals surface area contributed by atoms with Crippen molar-refractivity contribution in [3.8, 4) is 0 Å². The number of carbonyl (C=O) groups excluding carboxylic acids is 2. The van der Waals surface area contributed by atoms with E-state index in [4.69, 9.17) is 0 Å². The van der Waals surface area contributed by atoms with E-state index >= 15 is 0 Å². The Morgan fingerprint density at radius 2 is 1.70 bits per heavy atom. The third-order valence-electron chi connectivity index (χ3n) is 3.11. The predicted molar refractivity (Wildman–Crippen MR) is 37.5 cm³/mol. The molecule has 1 aliphatic rings. The monoisotopic (exact) mass is 140 g/mol. The van der Waals surface area contributed by atoms with Crippen molar-refractivity contribution >= 4 is 12.6 Å². The zero-order valence-electron chi connectivity index (χ0n) is 6.55. The zero-order valence-corrected chi connectivity index (χ0v) is 6.55. The molecule has 0 spiro atoms. The van der Waals surface area contributed by atoms with Crippen molar-refractivity contribution in [1.29, 1.82) is 0 Å². The molecule has 1 rings (SSSR count). The Hall–Kier alpha value is -0.660. The van der Waals surface area contributed by atoms with Gasteiger partial charge >= 0.3 is 0 Å². The molecule has 0 radical (unpaired) electrons. The van der Waals surface area contributed by atoms with Gasteiger partial charge in [0, 0.05) is 11.3 Å². The fraction of sp³-hybridized carbons (Fsp3) is 0.750. The predicted octanol–water partition coefficient (Wildman–Crippen LogP) is 1.05. The Bertz CT molecular complexity index is 184. The highest BCUT2D eigenvalue weighted by Gasteiger charge is 2.68. The second-order valence-corrected chi connectivity index (χ2v) is 3.74. The lowest BCUT2D eigenvalue weighted by Gasteiger charge is -2.02. The minimum atomic E-state index is -0.394. The van der Waals surface area contributed by atoms with Gasteiger partial charge < -0.3 is 9.59 Å². The normalized spacial score (nSPS) is 42.5. The van der Waals surface area contributed by atoms with Gasteiger partial charge in [-0.15, -0.1) is 0 Å². The maximum absolute atomic E-state index is 10.5. The average molecular weight is 140 g/mol. The van der Waals surface area contributed by atoms with Crippen LogP contribution in [-0.4, -0.2) is 12.6 Å². The van der Waals surface area contributed by atoms with Crippen molar-refractivity contribution in [2.24, 2.45) is 16.7 Å². The van der Waals surface area contributed by atoms with Crippen LogP contribution in [-0.2, 0) is 9.59 Å². The summed E-state index contributed by atoms with van der Waals surface area (Å²) in [5, 5.41) is 0. The van der Waals surface area contributed by atoms with Crippen molar-refractivity contribution in [3.05, 3.63) is 0 Å². The first kappa shape index (κ1) is 7.45. The molecule has 0 aliphatic heterocycles. The summed E-state index contributed by atoms with van der Waals surface area (Å²) in [6.07, 6.45) is 1.78. The van der Waals surface area contributed by atoms with Crippen LogP contribution >= 0.6 is 0 Å². The smallest absolute Gasteiger partial charge is 0.127 e. The highest BCUT2D eigenvalue weighted by molar-refractivity contribution is 5.78. The van der Waals surface area contributed by atoms with Gasteiger partial charge in [-0.1, -0.05) is 20.8 Å². The molecule has 1 fully saturated rings. The molecule has 0 amide bonds. The van der Waals surface area contributed by atoms with Crippen LogP contribution in [0.15, 0.2) is 0 Å². The first-order chi connectivity index (χ1) is 4.50. The fourth-order valence-corrected chi connectivity index (χ4v) is 1.60. The van der Waals surface area contributed by atoms with E-state index in [1.165, 1.54) is 0 Å². The van der Waals surface area contributed by atoms with E-state index < -0.39 is 5.41 Å². The standard InChI is InChI=1S/C8H12O2/c1-7(2)6(4-9)8(7,3)5-10/h4-6H,1-3H3/t6-,8+/m0/s1. The first-order valence-corrected chi connectivity index (χ1v) is 3.42. The van der Waals surface area contributed by atoms with Gasteiger partial charge in [-0.3, -0.25) is 0 Å². The summed E-state index contributed by atoms with van der Waals surface area (Å²) in [6.45, 7) is 5.72. The average Bonchev–Trinajstić information content (AvgIpc) is 2.29. The summed E-state index contributed by atoms with van der Waals surface area (Å²) in [5.41, 5.74) is -0.509. The summed E-state index contributed by atoms with van der Waals surface area (Å²) < 4.78 is 0. The Kier molecular flexibility index (Phi) is 1.25. The fourth-order valence-electron chi connectivity index (χ4n) is 1.60. The van der Waals surface area contributed by atoms with Crippen LogP contribution in [0.2, 0.25) is 0 Å². The number of carbonyl (C=O) groups is 2. The third-order valence-corrected chi connectivity index (χ3v) is 3.11. The summed E-state index contributed by atoms with van der Waals surface area (Å²) in [4.78, 5) is 20.9. The third kappa shape index (κ3) is 0.542. The quantitative estimate of drug-likeness (QED) is 0.537. The SMILES string of the molecule is CC1(C)[C@H](C=O)[C@@]1(C)C=O. The minimum absolute atomic E-state index is 0.0718. The molecule has 0 N–H and O–H groups in total. The van der Waals surface area contributed by atoms with Crippen molar-refractivity contribution in [2.45, 2.75) is 20.8 Å². The topological polar surface area (TPSA) is 34.1 Å². The van der Waals surface area contributed by atoms with Gasteiger partial charge in [0.2, 0.25) is 0 Å². The summed E-state index contributed by atoms with van der Waals surface area (Å²) in [5.74, 6) is -0.0718. The van der Waals surface area contributed by atoms with E-state index in [1.54, 1.807) is 0 Å². The van der Waals surface area contributed by atoms with Crippen LogP contribution in [0.25, 0.3) is 0 Å². The van der Waals surface area contributed by atoms with Gasteiger partial charge in [0.25, 0.3) is 0 Å². The molecule has 10 heavy (non-hydrogen) atoms. The Balaban J connectivity index is 2.87. The molecule has 1 aliphatic carbocycles. The second kappa shape index (κ2) is 1.68. The van der Waals surface area contributed by atoms with E-state index in [2.05, 4.69) is 0 Å². The molecular weight excluding hydrogens is 128 g/mol. The first-order valence-electron chi connectivity index (χ1n) is 3.42. The molecule has 0 aromatic heterocycles. The largest absolute Gasteiger partial charge is 0.303 e. The van der Waals surface area contributed by atoms with E-state index in [1.807, 2.05) is 20.8 Å². The summed E-state index contributed by atoms with van der Waals surface area (Å²) in [6, 6.07) is 0. The van der Waals surface area contributed by atoms with Gasteiger partial charge in [0.1, 0.15) is 12.6 Å². The molecule has 0 aromatic carbocycles. The molecule has 2 atom stereocenters. The molecule has 0 saturated heterocycles. The number of hydrogen-bond acceptors (Lipinski definition) is 2. The summed E-state index contributed by atoms with van der Waals surface area (Å²) in [7, 11) is 0. The van der Waals surface area contributed by atoms with Gasteiger partial charge in [-0.05, 0) is 5.41 Å². The number of hydrogen-bond donors (Lipinski definition) is 0. The second-order valence-electron chi connectivity index (χ2n) is 3.74. The Labute approximate surface area is 60.6 Å². The molecule has 56 valence electrons. The van der Waals surface area contributed by atoms with Crippen LogP contribution in [0, 0.1) is 16.7 Å². The zero-order chi connectivity index (χ0) is 7.99. The minimum Gasteiger partial charge on any atom is -0.303 e. The van der Waals surface area contributed by atoms with E-state index in [9.17, 15) is 9.59 Å². The van der Waals surface area contributed by atoms with E-state index in [0.29, 0.717) is 0 Å². The van der Waals surface area contributed by atoms with Crippen molar-refractivity contribution in [2.75, 3.05) is 0 Å². The van der Waals surface area contributed by atoms with Crippen LogP contribution < -0.4 is 0 Å². The van der Waals surface area contributed by atoms with E-state index in [0.717, 1.165) is 12.6 Å². The highest BCUT2D eigenvalue weighted by atomic mass is 16.1. The van der Waals surface area contributed by atoms with Gasteiger partial charge in [0.05, 0.1) is 0 Å². The maximum Gasteiger partial charge on any atom is 0.127 e. The lowest BCUT2D eigenvalue weighted by molar-refractivity contribution is -0.115. The number of aldehydes is 2. The highest BCUT2D eigenvalue weighted by Crippen LogP contribution is 2.66. The van der Waals surface area contributed by atoms with E-state index in [-0.39, 0.29) is 11.3 Å². The molecular formula is C8H12O2. The number of rotatable bonds is 2. The van der Waals surface area contributed by atoms with Crippen molar-refractivity contribution < 1.29 is 9.59 Å². The molecule has 0 unspecified atom stereocenters. The molecule has 0 bridgehead atoms. The maximum atomic E-state index is 10.5. The van der Waals surface area contributed by atoms with Crippen LogP contribution in [0.1, 0.15) is 20.8 Å². The van der Waals surface area contributed by atoms with Crippen LogP contribution in [0.3, 0.4) is 0 Å². The van der Waals surface area contributed by atoms with Gasteiger partial charge in [0.15, 0.2) is 0 Å². The molecule has 0 heterocycles. The van der Waals surface area contributed by atoms with Crippen molar-refractivity contribution in [3.63, 3.8) is 0 Å². The van der Waals surface area contributed by atoms with Crippen LogP contribution in [0.5, 0.6) is 0 Å². The summed E-state index contributed by atoms with van der Waals surface area (Å²) >= 11 is 0. The molecule has 2 nitrogen and oxygen atoms in total. The lowest BCUT2D eigenvalue weighted by Crippen LogP contribution is -2.04. The van der Waals surface area contributed by atoms with Gasteiger partial charge in [-0.2, -0.15) is 0 Å². The van der Waals surface area contributed by atoms with Gasteiger partial charge in [-0.25, -0.2) is 0 Å². The molecule has 0 aromatic rings. The molecule has 2 heteroatoms.